The van der Waals surface area contributed by atoms with Gasteiger partial charge < -0.3 is 20.3 Å². The quantitative estimate of drug-likeness (QED) is 0.279. The highest BCUT2D eigenvalue weighted by molar-refractivity contribution is 14.0. The van der Waals surface area contributed by atoms with E-state index in [1.807, 2.05) is 18.4 Å². The van der Waals surface area contributed by atoms with Gasteiger partial charge in [-0.15, -0.1) is 34.2 Å². The summed E-state index contributed by atoms with van der Waals surface area (Å²) < 4.78 is 2.00. The minimum Gasteiger partial charge on any atom is -0.386 e. The van der Waals surface area contributed by atoms with Crippen molar-refractivity contribution in [2.75, 3.05) is 19.6 Å². The van der Waals surface area contributed by atoms with Crippen LogP contribution < -0.4 is 10.6 Å². The molecule has 2 aromatic rings. The Kier molecular flexibility index (Phi) is 11.0. The molecule has 1 atom stereocenters. The summed E-state index contributed by atoms with van der Waals surface area (Å²) >= 11 is 12.0. The SMILES string of the molecule is CCNC(=NCC(O)c1cc(Cl)cc(Cl)c1)NCCn1cnnc1CC.I. The van der Waals surface area contributed by atoms with Gasteiger partial charge in [-0.1, -0.05) is 30.1 Å². The molecule has 27 heavy (non-hydrogen) atoms. The van der Waals surface area contributed by atoms with Crippen LogP contribution in [0.2, 0.25) is 10.0 Å². The van der Waals surface area contributed by atoms with Crippen LogP contribution in [0.15, 0.2) is 29.5 Å². The highest BCUT2D eigenvalue weighted by Crippen LogP contribution is 2.23. The highest BCUT2D eigenvalue weighted by atomic mass is 127. The zero-order valence-corrected chi connectivity index (χ0v) is 19.2. The average molecular weight is 527 g/mol. The number of benzene rings is 1. The maximum absolute atomic E-state index is 10.3. The number of nitrogens with one attached hydrogen (secondary N) is 2. The molecule has 7 nitrogen and oxygen atoms in total. The van der Waals surface area contributed by atoms with Crippen molar-refractivity contribution in [2.45, 2.75) is 32.9 Å². The van der Waals surface area contributed by atoms with E-state index in [1.165, 1.54) is 0 Å². The second-order valence-corrected chi connectivity index (χ2v) is 6.53. The monoisotopic (exact) mass is 526 g/mol. The summed E-state index contributed by atoms with van der Waals surface area (Å²) in [6, 6.07) is 5.00. The number of aliphatic hydroxyl groups is 1. The highest BCUT2D eigenvalue weighted by Gasteiger charge is 2.10. The molecule has 2 rings (SSSR count). The molecule has 0 aliphatic carbocycles. The van der Waals surface area contributed by atoms with Crippen molar-refractivity contribution in [3.8, 4) is 0 Å². The first-order valence-corrected chi connectivity index (χ1v) is 9.32. The van der Waals surface area contributed by atoms with E-state index in [-0.39, 0.29) is 30.5 Å². The molecule has 150 valence electrons. The molecule has 1 unspecified atom stereocenters. The third kappa shape index (κ3) is 7.81. The first-order chi connectivity index (χ1) is 12.5. The number of aliphatic hydroxyl groups excluding tert-OH is 1. The third-order valence-corrected chi connectivity index (χ3v) is 4.13. The number of hydrogen-bond acceptors (Lipinski definition) is 4. The Morgan fingerprint density at radius 1 is 1.22 bits per heavy atom. The second kappa shape index (κ2) is 12.4. The van der Waals surface area contributed by atoms with Crippen LogP contribution in [0.5, 0.6) is 0 Å². The molecule has 0 aliphatic heterocycles. The average Bonchev–Trinajstić information content (AvgIpc) is 3.06. The molecule has 0 amide bonds. The van der Waals surface area contributed by atoms with Gasteiger partial charge >= 0.3 is 0 Å². The minimum absolute atomic E-state index is 0. The van der Waals surface area contributed by atoms with E-state index >= 15 is 0 Å². The molecular weight excluding hydrogens is 502 g/mol. The molecule has 0 fully saturated rings. The van der Waals surface area contributed by atoms with Crippen LogP contribution in [0.4, 0.5) is 0 Å². The van der Waals surface area contributed by atoms with E-state index in [2.05, 4.69) is 25.8 Å². The van der Waals surface area contributed by atoms with Gasteiger partial charge in [0.25, 0.3) is 0 Å². The lowest BCUT2D eigenvalue weighted by molar-refractivity contribution is 0.187. The lowest BCUT2D eigenvalue weighted by atomic mass is 10.1. The van der Waals surface area contributed by atoms with Gasteiger partial charge in [-0.2, -0.15) is 0 Å². The summed E-state index contributed by atoms with van der Waals surface area (Å²) in [5.74, 6) is 1.58. The van der Waals surface area contributed by atoms with Gasteiger partial charge in [0.2, 0.25) is 0 Å². The molecule has 0 saturated heterocycles. The number of rotatable bonds is 8. The van der Waals surface area contributed by atoms with Crippen molar-refractivity contribution in [2.24, 2.45) is 4.99 Å². The van der Waals surface area contributed by atoms with E-state index in [0.717, 1.165) is 25.3 Å². The number of halogens is 3. The predicted molar refractivity (Wildman–Crippen MR) is 120 cm³/mol. The second-order valence-electron chi connectivity index (χ2n) is 5.66. The Bertz CT molecular complexity index is 720. The van der Waals surface area contributed by atoms with Crippen LogP contribution in [-0.2, 0) is 13.0 Å². The standard InChI is InChI=1S/C17H24Cl2N6O.HI/c1-3-16-24-23-11-25(16)6-5-21-17(20-4-2)22-10-15(26)12-7-13(18)9-14(19)8-12;/h7-9,11,15,26H,3-6,10H2,1-2H3,(H2,20,21,22);1H. The van der Waals surface area contributed by atoms with E-state index in [4.69, 9.17) is 23.2 Å². The van der Waals surface area contributed by atoms with Gasteiger partial charge in [0.05, 0.1) is 12.6 Å². The normalized spacial score (nSPS) is 12.4. The molecule has 3 N–H and O–H groups in total. The van der Waals surface area contributed by atoms with Crippen molar-refractivity contribution in [3.05, 3.63) is 46.0 Å². The van der Waals surface area contributed by atoms with Crippen LogP contribution in [0, 0.1) is 0 Å². The van der Waals surface area contributed by atoms with Crippen molar-refractivity contribution in [3.63, 3.8) is 0 Å². The first-order valence-electron chi connectivity index (χ1n) is 8.56. The number of aromatic nitrogens is 3. The number of nitrogens with zero attached hydrogens (tertiary/aromatic N) is 4. The minimum atomic E-state index is -0.786. The fourth-order valence-corrected chi connectivity index (χ4v) is 2.97. The molecule has 0 saturated carbocycles. The Morgan fingerprint density at radius 2 is 1.93 bits per heavy atom. The van der Waals surface area contributed by atoms with Gasteiger partial charge in [-0.3, -0.25) is 4.99 Å². The van der Waals surface area contributed by atoms with Crippen molar-refractivity contribution >= 4 is 53.1 Å². The first kappa shape index (κ1) is 23.9. The van der Waals surface area contributed by atoms with Crippen LogP contribution in [-0.4, -0.2) is 45.5 Å². The smallest absolute Gasteiger partial charge is 0.191 e. The Balaban J connectivity index is 0.00000364. The zero-order valence-electron chi connectivity index (χ0n) is 15.3. The number of aryl methyl sites for hydroxylation is 1. The van der Waals surface area contributed by atoms with Gasteiger partial charge in [0.1, 0.15) is 12.2 Å². The molecule has 10 heteroatoms. The molecule has 1 heterocycles. The molecule has 0 radical (unpaired) electrons. The summed E-state index contributed by atoms with van der Waals surface area (Å²) in [6.07, 6.45) is 1.77. The molecule has 0 bridgehead atoms. The van der Waals surface area contributed by atoms with E-state index < -0.39 is 6.10 Å². The van der Waals surface area contributed by atoms with Crippen LogP contribution >= 0.6 is 47.2 Å². The molecule has 1 aromatic carbocycles. The number of guanidine groups is 1. The Labute approximate surface area is 186 Å². The van der Waals surface area contributed by atoms with E-state index in [0.29, 0.717) is 28.1 Å². The zero-order chi connectivity index (χ0) is 18.9. The molecule has 0 spiro atoms. The number of hydrogen-bond donors (Lipinski definition) is 3. The largest absolute Gasteiger partial charge is 0.386 e. The van der Waals surface area contributed by atoms with E-state index in [9.17, 15) is 5.11 Å². The van der Waals surface area contributed by atoms with Gasteiger partial charge in [-0.25, -0.2) is 0 Å². The van der Waals surface area contributed by atoms with Crippen LogP contribution in [0.25, 0.3) is 0 Å². The summed E-state index contributed by atoms with van der Waals surface area (Å²) in [4.78, 5) is 4.43. The Hall–Kier alpha value is -1.10. The van der Waals surface area contributed by atoms with E-state index in [1.54, 1.807) is 24.5 Å². The third-order valence-electron chi connectivity index (χ3n) is 3.69. The fourth-order valence-electron chi connectivity index (χ4n) is 2.43. The van der Waals surface area contributed by atoms with Crippen molar-refractivity contribution < 1.29 is 5.11 Å². The summed E-state index contributed by atoms with van der Waals surface area (Å²) in [5, 5.41) is 25.7. The van der Waals surface area contributed by atoms with Crippen LogP contribution in [0.1, 0.15) is 31.3 Å². The summed E-state index contributed by atoms with van der Waals surface area (Å²) in [5.41, 5.74) is 0.638. The van der Waals surface area contributed by atoms with Gasteiger partial charge in [0, 0.05) is 36.1 Å². The molecule has 0 aliphatic rings. The maximum Gasteiger partial charge on any atom is 0.191 e. The van der Waals surface area contributed by atoms with Crippen LogP contribution in [0.3, 0.4) is 0 Å². The van der Waals surface area contributed by atoms with Crippen molar-refractivity contribution in [1.82, 2.24) is 25.4 Å². The summed E-state index contributed by atoms with van der Waals surface area (Å²) in [6.45, 7) is 6.34. The fraction of sp³-hybridized carbons (Fsp3) is 0.471. The number of aliphatic imine (C=N–C) groups is 1. The van der Waals surface area contributed by atoms with Crippen molar-refractivity contribution in [1.29, 1.82) is 0 Å². The maximum atomic E-state index is 10.3. The van der Waals surface area contributed by atoms with Gasteiger partial charge in [0.15, 0.2) is 5.96 Å². The summed E-state index contributed by atoms with van der Waals surface area (Å²) in [7, 11) is 0. The Morgan fingerprint density at radius 3 is 2.56 bits per heavy atom. The predicted octanol–water partition coefficient (Wildman–Crippen LogP) is 3.05. The van der Waals surface area contributed by atoms with Gasteiger partial charge in [-0.05, 0) is 30.7 Å². The molecular formula is C17H25Cl2IN6O. The lowest BCUT2D eigenvalue weighted by Crippen LogP contribution is -2.39. The molecule has 1 aromatic heterocycles. The lowest BCUT2D eigenvalue weighted by Gasteiger charge is -2.14. The topological polar surface area (TPSA) is 87.4 Å².